The Labute approximate surface area is 448 Å². The molecule has 0 radical (unpaired) electrons. The van der Waals surface area contributed by atoms with Gasteiger partial charge in [0.2, 0.25) is 0 Å². The molecule has 0 heterocycles. The first-order valence-corrected chi connectivity index (χ1v) is 23.3. The molecule has 29 heteroatoms. The van der Waals surface area contributed by atoms with Gasteiger partial charge in [0.05, 0.1) is 90.3 Å². The van der Waals surface area contributed by atoms with Crippen LogP contribution >= 0.6 is 0 Å². The van der Waals surface area contributed by atoms with Gasteiger partial charge in [-0.25, -0.2) is 0 Å². The lowest BCUT2D eigenvalue weighted by atomic mass is 9.12. The summed E-state index contributed by atoms with van der Waals surface area (Å²) in [4.78, 5) is 3.23. The van der Waals surface area contributed by atoms with E-state index in [1.54, 1.807) is 0 Å². The van der Waals surface area contributed by atoms with Gasteiger partial charge in [-0.15, -0.1) is 0 Å². The van der Waals surface area contributed by atoms with Crippen LogP contribution < -0.4 is 21.9 Å². The summed E-state index contributed by atoms with van der Waals surface area (Å²) in [5.74, 6) is 0. The van der Waals surface area contributed by atoms with Crippen molar-refractivity contribution in [2.75, 3.05) is 0 Å². The predicted octanol–water partition coefficient (Wildman–Crippen LogP) is 15.6. The molecule has 7 aromatic carbocycles. The highest BCUT2D eigenvalue weighted by atomic mass is 32.2. The fourth-order valence-electron chi connectivity index (χ4n) is 8.48. The van der Waals surface area contributed by atoms with Crippen LogP contribution in [0, 0.1) is 34.0 Å². The Morgan fingerprint density at radius 2 is 0.390 bits per heavy atom. The summed E-state index contributed by atoms with van der Waals surface area (Å²) in [7, 11) is -0.374. The zero-order valence-corrected chi connectivity index (χ0v) is 40.6. The van der Waals surface area contributed by atoms with Crippen LogP contribution in [0.3, 0.4) is 0 Å². The third-order valence-electron chi connectivity index (χ3n) is 12.1. The number of alkyl halides is 24. The molecule has 0 saturated heterocycles. The molecule has 0 bridgehead atoms. The highest BCUT2D eigenvalue weighted by Gasteiger charge is 2.47. The average Bonchev–Trinajstić information content (AvgIpc) is 1.89. The van der Waals surface area contributed by atoms with Crippen molar-refractivity contribution in [2.45, 2.75) is 64.1 Å². The van der Waals surface area contributed by atoms with E-state index < -0.39 is 195 Å². The van der Waals surface area contributed by atoms with E-state index in [0.29, 0.717) is 16.7 Å². The van der Waals surface area contributed by atoms with Gasteiger partial charge in [0.1, 0.15) is 6.15 Å². The molecule has 0 aliphatic carbocycles. The molecule has 0 aliphatic heterocycles. The number of hydrogen-bond acceptors (Lipinski definition) is 3. The molecule has 0 spiro atoms. The summed E-state index contributed by atoms with van der Waals surface area (Å²) in [5.41, 5.74) is -28.4. The van der Waals surface area contributed by atoms with Crippen LogP contribution in [0.15, 0.2) is 160 Å². The van der Waals surface area contributed by atoms with E-state index in [9.17, 15) is 105 Å². The van der Waals surface area contributed by atoms with Crippen LogP contribution in [-0.4, -0.2) is 6.15 Å². The third-order valence-corrected chi connectivity index (χ3v) is 14.3. The van der Waals surface area contributed by atoms with Crippen molar-refractivity contribution in [3.8, 4) is 18.2 Å². The maximum absolute atomic E-state index is 14.2. The van der Waals surface area contributed by atoms with Crippen LogP contribution in [0.25, 0.3) is 0 Å². The predicted molar refractivity (Wildman–Crippen MR) is 246 cm³/mol. The first-order chi connectivity index (χ1) is 37.5. The second kappa shape index (κ2) is 22.2. The van der Waals surface area contributed by atoms with Crippen molar-refractivity contribution in [3.63, 3.8) is 0 Å². The molecule has 3 nitrogen and oxygen atoms in total. The van der Waals surface area contributed by atoms with Gasteiger partial charge in [-0.3, -0.25) is 0 Å². The largest absolute Gasteiger partial charge is 0.416 e. The highest BCUT2D eigenvalue weighted by Crippen LogP contribution is 2.42. The number of nitriles is 3. The van der Waals surface area contributed by atoms with Crippen LogP contribution in [0.2, 0.25) is 0 Å². The molecule has 82 heavy (non-hydrogen) atoms. The van der Waals surface area contributed by atoms with E-state index in [-0.39, 0.29) is 10.9 Å². The number of hydrogen-bond donors (Lipinski definition) is 0. The molecule has 0 saturated carbocycles. The summed E-state index contributed by atoms with van der Waals surface area (Å²) in [5, 5.41) is 27.0. The SMILES string of the molecule is FC(F)(F)c1cc([B-](c2cc(C(F)(F)F)cc(C(F)(F)F)c2)(c2cc(C(F)(F)F)cc(C(F)(F)F)c2)c2cc(C(F)(F)F)cc(C(F)(F)F)c2)cc(C(F)(F)F)c1.N#Cc1ccc([S+](c2ccc(C#N)cc2)c2ccc(C#N)cc2)cc1. The maximum atomic E-state index is 14.2. The van der Waals surface area contributed by atoms with Gasteiger partial charge in [-0.05, 0) is 97.1 Å². The zero-order valence-electron chi connectivity index (χ0n) is 39.8. The van der Waals surface area contributed by atoms with Crippen LogP contribution in [0.1, 0.15) is 61.2 Å². The van der Waals surface area contributed by atoms with E-state index in [0.717, 1.165) is 14.7 Å². The minimum atomic E-state index is -6.13. The van der Waals surface area contributed by atoms with Crippen LogP contribution in [-0.2, 0) is 60.3 Å². The number of nitrogens with zero attached hydrogens (tertiary/aromatic N) is 3. The normalized spacial score (nSPS) is 13.0. The van der Waals surface area contributed by atoms with Gasteiger partial charge in [-0.2, -0.15) is 143 Å². The summed E-state index contributed by atoms with van der Waals surface area (Å²) in [6.45, 7) is 0. The van der Waals surface area contributed by atoms with Crippen LogP contribution in [0.4, 0.5) is 105 Å². The average molecular weight is 1200 g/mol. The highest BCUT2D eigenvalue weighted by molar-refractivity contribution is 7.97. The number of halogens is 24. The van der Waals surface area contributed by atoms with E-state index in [1.165, 1.54) is 0 Å². The molecule has 0 atom stereocenters. The standard InChI is InChI=1S/C32H12BF24.C21H12N3S/c34-25(35,36)13-1-14(26(37,38)39)6-21(5-13)33(22-7-15(27(40,41)42)2-16(8-22)28(43,44)45,23-9-17(29(46,47)48)3-18(10-23)30(49,50)51)24-11-19(31(52,53)54)4-20(12-24)32(55,56)57;22-13-16-1-7-19(8-2-16)25(20-9-3-17(14-23)4-10-20)21-11-5-18(15-24)6-12-21/h1-12H;1-12H/q-1;+1. The van der Waals surface area contributed by atoms with Crippen molar-refractivity contribution >= 4 is 38.9 Å². The van der Waals surface area contributed by atoms with E-state index >= 15 is 0 Å². The molecular weight excluding hydrogens is 1180 g/mol. The number of benzene rings is 7. The molecule has 0 aliphatic rings. The summed E-state index contributed by atoms with van der Waals surface area (Å²) < 4.78 is 341. The smallest absolute Gasteiger partial charge is 0.194 e. The first-order valence-electron chi connectivity index (χ1n) is 22.1. The maximum Gasteiger partial charge on any atom is 0.416 e. The van der Waals surface area contributed by atoms with Crippen molar-refractivity contribution in [1.82, 2.24) is 0 Å². The van der Waals surface area contributed by atoms with Gasteiger partial charge in [0.15, 0.2) is 14.7 Å². The third kappa shape index (κ3) is 14.1. The molecule has 0 N–H and O–H groups in total. The van der Waals surface area contributed by atoms with Crippen molar-refractivity contribution in [2.24, 2.45) is 0 Å². The topological polar surface area (TPSA) is 71.4 Å². The van der Waals surface area contributed by atoms with Crippen LogP contribution in [0.5, 0.6) is 0 Å². The monoisotopic (exact) mass is 1200 g/mol. The summed E-state index contributed by atoms with van der Waals surface area (Å²) in [6, 6.07) is 20.2. The van der Waals surface area contributed by atoms with E-state index in [4.69, 9.17) is 15.8 Å². The Hall–Kier alpha value is -8.26. The minimum Gasteiger partial charge on any atom is -0.194 e. The lowest BCUT2D eigenvalue weighted by Gasteiger charge is -2.46. The Morgan fingerprint density at radius 1 is 0.244 bits per heavy atom. The molecule has 0 fully saturated rings. The molecule has 428 valence electrons. The van der Waals surface area contributed by atoms with Crippen molar-refractivity contribution in [3.05, 3.63) is 207 Å². The fourth-order valence-corrected chi connectivity index (χ4v) is 10.5. The summed E-state index contributed by atoms with van der Waals surface area (Å²) >= 11 is 0. The van der Waals surface area contributed by atoms with Gasteiger partial charge < -0.3 is 0 Å². The first kappa shape index (κ1) is 62.9. The molecule has 0 unspecified atom stereocenters. The summed E-state index contributed by atoms with van der Waals surface area (Å²) in [6.07, 6.45) is -54.8. The minimum absolute atomic E-state index is 0.374. The van der Waals surface area contributed by atoms with Gasteiger partial charge in [-0.1, -0.05) is 48.5 Å². The Morgan fingerprint density at radius 3 is 0.512 bits per heavy atom. The fraction of sp³-hybridized carbons (Fsp3) is 0.151. The molecule has 7 rings (SSSR count). The van der Waals surface area contributed by atoms with E-state index in [1.807, 2.05) is 72.8 Å². The Balaban J connectivity index is 0.000000357. The second-order valence-corrected chi connectivity index (χ2v) is 19.5. The van der Waals surface area contributed by atoms with Gasteiger partial charge in [0.25, 0.3) is 0 Å². The van der Waals surface area contributed by atoms with Crippen molar-refractivity contribution in [1.29, 1.82) is 15.8 Å². The Kier molecular flexibility index (Phi) is 17.1. The van der Waals surface area contributed by atoms with Gasteiger partial charge in [0, 0.05) is 0 Å². The molecule has 0 aromatic heterocycles. The quantitative estimate of drug-likeness (QED) is 0.0907. The Bertz CT molecular complexity index is 3030. The lowest BCUT2D eigenvalue weighted by Crippen LogP contribution is -2.75. The van der Waals surface area contributed by atoms with Gasteiger partial charge >= 0.3 is 49.4 Å². The number of rotatable bonds is 7. The van der Waals surface area contributed by atoms with Crippen molar-refractivity contribution < 1.29 is 105 Å². The zero-order chi connectivity index (χ0) is 61.6. The van der Waals surface area contributed by atoms with E-state index in [2.05, 4.69) is 18.2 Å². The molecular formula is C53H24BF24N3S. The molecule has 7 aromatic rings. The second-order valence-electron chi connectivity index (χ2n) is 17.4. The lowest BCUT2D eigenvalue weighted by molar-refractivity contribution is -0.144. The molecule has 0 amide bonds.